The van der Waals surface area contributed by atoms with E-state index in [2.05, 4.69) is 57.0 Å². The lowest BCUT2D eigenvalue weighted by Gasteiger charge is -2.35. The second-order valence-corrected chi connectivity index (χ2v) is 9.01. The van der Waals surface area contributed by atoms with Crippen LogP contribution in [0.2, 0.25) is 0 Å². The number of likely N-dealkylation sites (tertiary alicyclic amines) is 1. The molecule has 1 aliphatic heterocycles. The average Bonchev–Trinajstić information content (AvgIpc) is 3.40. The first kappa shape index (κ1) is 19.3. The summed E-state index contributed by atoms with van der Waals surface area (Å²) in [6.07, 6.45) is 3.98. The molecule has 1 N–H and O–H groups in total. The molecule has 4 nitrogen and oxygen atoms in total. The van der Waals surface area contributed by atoms with Gasteiger partial charge in [-0.25, -0.2) is 4.98 Å². The van der Waals surface area contributed by atoms with E-state index in [1.807, 2.05) is 11.4 Å². The van der Waals surface area contributed by atoms with Gasteiger partial charge in [-0.1, -0.05) is 42.8 Å². The summed E-state index contributed by atoms with van der Waals surface area (Å²) in [5.41, 5.74) is 2.19. The molecule has 1 fully saturated rings. The summed E-state index contributed by atoms with van der Waals surface area (Å²) < 4.78 is 0. The molecule has 0 aliphatic carbocycles. The van der Waals surface area contributed by atoms with E-state index in [1.165, 1.54) is 18.4 Å². The van der Waals surface area contributed by atoms with Crippen molar-refractivity contribution >= 4 is 28.6 Å². The molecule has 1 amide bonds. The number of carbonyl (C=O) groups is 1. The molecule has 2 aromatic heterocycles. The lowest BCUT2D eigenvalue weighted by molar-refractivity contribution is -0.120. The lowest BCUT2D eigenvalue weighted by Crippen LogP contribution is -2.46. The van der Waals surface area contributed by atoms with E-state index in [-0.39, 0.29) is 5.91 Å². The fourth-order valence-electron chi connectivity index (χ4n) is 3.68. The van der Waals surface area contributed by atoms with Crippen LogP contribution in [-0.2, 0) is 17.8 Å². The Kier molecular flexibility index (Phi) is 6.52. The lowest BCUT2D eigenvalue weighted by atomic mass is 10.0. The molecule has 1 unspecified atom stereocenters. The van der Waals surface area contributed by atoms with Crippen molar-refractivity contribution in [2.24, 2.45) is 0 Å². The number of nitrogens with one attached hydrogen (secondary N) is 1. The Balaban J connectivity index is 1.29. The molecule has 28 heavy (non-hydrogen) atoms. The molecular weight excluding hydrogens is 386 g/mol. The molecule has 1 aliphatic rings. The van der Waals surface area contributed by atoms with Crippen molar-refractivity contribution < 1.29 is 4.79 Å². The summed E-state index contributed by atoms with van der Waals surface area (Å²) in [5.74, 6) is 0.0632. The highest BCUT2D eigenvalue weighted by Gasteiger charge is 2.23. The van der Waals surface area contributed by atoms with Crippen LogP contribution in [0, 0.1) is 0 Å². The zero-order chi connectivity index (χ0) is 19.2. The van der Waals surface area contributed by atoms with E-state index >= 15 is 0 Å². The predicted octanol–water partition coefficient (Wildman–Crippen LogP) is 4.59. The van der Waals surface area contributed by atoms with Gasteiger partial charge in [0, 0.05) is 24.5 Å². The molecule has 3 heterocycles. The first-order valence-corrected chi connectivity index (χ1v) is 11.6. The monoisotopic (exact) mass is 411 g/mol. The van der Waals surface area contributed by atoms with Gasteiger partial charge in [0.1, 0.15) is 5.01 Å². The van der Waals surface area contributed by atoms with Crippen LogP contribution in [0.25, 0.3) is 9.88 Å². The number of hydrogen-bond donors (Lipinski definition) is 1. The summed E-state index contributed by atoms with van der Waals surface area (Å²) in [7, 11) is 0. The molecule has 0 bridgehead atoms. The maximum Gasteiger partial charge on any atom is 0.226 e. The van der Waals surface area contributed by atoms with Crippen molar-refractivity contribution in [3.05, 3.63) is 64.5 Å². The summed E-state index contributed by atoms with van der Waals surface area (Å²) in [4.78, 5) is 20.7. The molecular formula is C22H25N3OS2. The number of thiazole rings is 1. The van der Waals surface area contributed by atoms with E-state index in [9.17, 15) is 4.79 Å². The fraction of sp³-hybridized carbons (Fsp3) is 0.364. The first-order chi connectivity index (χ1) is 13.8. The van der Waals surface area contributed by atoms with Crippen molar-refractivity contribution in [1.29, 1.82) is 0 Å². The Morgan fingerprint density at radius 1 is 1.14 bits per heavy atom. The summed E-state index contributed by atoms with van der Waals surface area (Å²) in [6, 6.07) is 15.1. The van der Waals surface area contributed by atoms with Crippen LogP contribution in [0.3, 0.4) is 0 Å². The Morgan fingerprint density at radius 2 is 2.04 bits per heavy atom. The number of thiophene rings is 1. The van der Waals surface area contributed by atoms with Crippen LogP contribution in [0.15, 0.2) is 53.2 Å². The Hall–Kier alpha value is -2.02. The fourth-order valence-corrected chi connectivity index (χ4v) is 5.31. The standard InChI is InChI=1S/C22H25N3OS2/c26-21(13-18-16-28-22(24-18)20-10-6-12-27-20)23-14-19-9-4-5-11-25(19)15-17-7-2-1-3-8-17/h1-3,6-8,10,12,16,19H,4-5,9,11,13-15H2,(H,23,26). The topological polar surface area (TPSA) is 45.2 Å². The van der Waals surface area contributed by atoms with Gasteiger partial charge in [-0.15, -0.1) is 22.7 Å². The molecule has 4 rings (SSSR count). The second kappa shape index (κ2) is 9.45. The van der Waals surface area contributed by atoms with Gasteiger partial charge in [0.2, 0.25) is 5.91 Å². The SMILES string of the molecule is O=C(Cc1csc(-c2cccs2)n1)NCC1CCCCN1Cc1ccccc1. The van der Waals surface area contributed by atoms with Crippen molar-refractivity contribution in [3.8, 4) is 9.88 Å². The van der Waals surface area contributed by atoms with E-state index in [0.717, 1.165) is 35.1 Å². The number of piperidine rings is 1. The third kappa shape index (κ3) is 5.07. The number of aromatic nitrogens is 1. The average molecular weight is 412 g/mol. The minimum atomic E-state index is 0.0632. The first-order valence-electron chi connectivity index (χ1n) is 9.81. The van der Waals surface area contributed by atoms with Crippen LogP contribution in [0.5, 0.6) is 0 Å². The van der Waals surface area contributed by atoms with Crippen LogP contribution in [0.1, 0.15) is 30.5 Å². The Morgan fingerprint density at radius 3 is 2.86 bits per heavy atom. The van der Waals surface area contributed by atoms with Gasteiger partial charge < -0.3 is 5.32 Å². The molecule has 1 saturated heterocycles. The number of hydrogen-bond acceptors (Lipinski definition) is 5. The number of carbonyl (C=O) groups excluding carboxylic acids is 1. The van der Waals surface area contributed by atoms with Crippen molar-refractivity contribution in [2.45, 2.75) is 38.3 Å². The van der Waals surface area contributed by atoms with E-state index in [1.54, 1.807) is 22.7 Å². The van der Waals surface area contributed by atoms with Gasteiger partial charge in [-0.05, 0) is 36.4 Å². The number of benzene rings is 1. The largest absolute Gasteiger partial charge is 0.354 e. The van der Waals surface area contributed by atoms with Crippen molar-refractivity contribution in [3.63, 3.8) is 0 Å². The predicted molar refractivity (Wildman–Crippen MR) is 117 cm³/mol. The second-order valence-electron chi connectivity index (χ2n) is 7.21. The summed E-state index contributed by atoms with van der Waals surface area (Å²) >= 11 is 3.29. The zero-order valence-electron chi connectivity index (χ0n) is 15.8. The number of amides is 1. The molecule has 1 atom stereocenters. The van der Waals surface area contributed by atoms with E-state index in [0.29, 0.717) is 19.0 Å². The van der Waals surface area contributed by atoms with Crippen LogP contribution < -0.4 is 5.32 Å². The van der Waals surface area contributed by atoms with Gasteiger partial charge in [0.05, 0.1) is 17.0 Å². The van der Waals surface area contributed by atoms with Gasteiger partial charge in [0.15, 0.2) is 0 Å². The summed E-state index contributed by atoms with van der Waals surface area (Å²) in [5, 5.41) is 8.19. The van der Waals surface area contributed by atoms with Gasteiger partial charge in [-0.3, -0.25) is 9.69 Å². The normalized spacial score (nSPS) is 17.5. The minimum absolute atomic E-state index is 0.0632. The molecule has 6 heteroatoms. The molecule has 0 spiro atoms. The smallest absolute Gasteiger partial charge is 0.226 e. The Labute approximate surface area is 174 Å². The van der Waals surface area contributed by atoms with Crippen LogP contribution >= 0.6 is 22.7 Å². The van der Waals surface area contributed by atoms with Crippen LogP contribution in [0.4, 0.5) is 0 Å². The quantitative estimate of drug-likeness (QED) is 0.619. The van der Waals surface area contributed by atoms with Gasteiger partial charge in [-0.2, -0.15) is 0 Å². The van der Waals surface area contributed by atoms with Gasteiger partial charge >= 0.3 is 0 Å². The maximum atomic E-state index is 12.5. The number of nitrogens with zero attached hydrogens (tertiary/aromatic N) is 2. The van der Waals surface area contributed by atoms with E-state index < -0.39 is 0 Å². The van der Waals surface area contributed by atoms with Crippen molar-refractivity contribution in [2.75, 3.05) is 13.1 Å². The molecule has 3 aromatic rings. The highest BCUT2D eigenvalue weighted by Crippen LogP contribution is 2.28. The highest BCUT2D eigenvalue weighted by atomic mass is 32.1. The molecule has 0 radical (unpaired) electrons. The Bertz CT molecular complexity index is 876. The third-order valence-corrected chi connectivity index (χ3v) is 7.07. The van der Waals surface area contributed by atoms with Crippen molar-refractivity contribution in [1.82, 2.24) is 15.2 Å². The molecule has 146 valence electrons. The molecule has 0 saturated carbocycles. The zero-order valence-corrected chi connectivity index (χ0v) is 17.5. The minimum Gasteiger partial charge on any atom is -0.354 e. The summed E-state index contributed by atoms with van der Waals surface area (Å²) in [6.45, 7) is 2.77. The van der Waals surface area contributed by atoms with E-state index in [4.69, 9.17) is 0 Å². The highest BCUT2D eigenvalue weighted by molar-refractivity contribution is 7.20. The maximum absolute atomic E-state index is 12.5. The molecule has 1 aromatic carbocycles. The third-order valence-electron chi connectivity index (χ3n) is 5.14. The van der Waals surface area contributed by atoms with Crippen LogP contribution in [-0.4, -0.2) is 34.9 Å². The number of rotatable bonds is 7. The van der Waals surface area contributed by atoms with Gasteiger partial charge in [0.25, 0.3) is 0 Å².